The van der Waals surface area contributed by atoms with Crippen molar-refractivity contribution in [2.24, 2.45) is 0 Å². The molecule has 0 bridgehead atoms. The highest BCUT2D eigenvalue weighted by molar-refractivity contribution is 6.09. The van der Waals surface area contributed by atoms with Gasteiger partial charge in [-0.1, -0.05) is 18.1 Å². The van der Waals surface area contributed by atoms with Crippen LogP contribution in [0.25, 0.3) is 0 Å². The molecule has 7 heteroatoms. The van der Waals surface area contributed by atoms with Crippen LogP contribution in [-0.4, -0.2) is 35.2 Å². The van der Waals surface area contributed by atoms with E-state index in [9.17, 15) is 19.2 Å². The van der Waals surface area contributed by atoms with Gasteiger partial charge in [-0.05, 0) is 36.4 Å². The molecule has 0 unspecified atom stereocenters. The van der Waals surface area contributed by atoms with Gasteiger partial charge in [0.15, 0.2) is 5.78 Å². The maximum atomic E-state index is 12.5. The Labute approximate surface area is 160 Å². The SMILES string of the molecule is C#CCOc1ccc(C(=O)c2ccc(C(=O)ON3C(=O)CCC3=O)cc2)cc1. The zero-order chi connectivity index (χ0) is 20.1. The summed E-state index contributed by atoms with van der Waals surface area (Å²) >= 11 is 0. The summed E-state index contributed by atoms with van der Waals surface area (Å²) in [4.78, 5) is 52.4. The highest BCUT2D eigenvalue weighted by Gasteiger charge is 2.33. The van der Waals surface area contributed by atoms with Crippen molar-refractivity contribution in [2.75, 3.05) is 6.61 Å². The number of imide groups is 1. The lowest BCUT2D eigenvalue weighted by molar-refractivity contribution is -0.172. The van der Waals surface area contributed by atoms with Crippen LogP contribution in [0.2, 0.25) is 0 Å². The number of carbonyl (C=O) groups excluding carboxylic acids is 4. The number of rotatable bonds is 6. The van der Waals surface area contributed by atoms with Crippen LogP contribution in [-0.2, 0) is 14.4 Å². The van der Waals surface area contributed by atoms with Crippen LogP contribution in [0.4, 0.5) is 0 Å². The van der Waals surface area contributed by atoms with E-state index in [-0.39, 0.29) is 30.8 Å². The molecule has 0 spiro atoms. The number of carbonyl (C=O) groups is 4. The lowest BCUT2D eigenvalue weighted by Crippen LogP contribution is -2.32. The lowest BCUT2D eigenvalue weighted by atomic mass is 10.0. The first kappa shape index (κ1) is 18.9. The van der Waals surface area contributed by atoms with Gasteiger partial charge in [0, 0.05) is 24.0 Å². The topological polar surface area (TPSA) is 90.0 Å². The first-order valence-corrected chi connectivity index (χ1v) is 8.39. The molecule has 7 nitrogen and oxygen atoms in total. The molecule has 1 aliphatic heterocycles. The molecule has 1 fully saturated rings. The highest BCUT2D eigenvalue weighted by atomic mass is 16.7. The molecular formula is C21H15NO6. The third-order valence-corrected chi connectivity index (χ3v) is 4.00. The molecule has 1 heterocycles. The number of amides is 2. The smallest absolute Gasteiger partial charge is 0.363 e. The maximum absolute atomic E-state index is 12.5. The second-order valence-corrected chi connectivity index (χ2v) is 5.88. The normalized spacial score (nSPS) is 13.2. The maximum Gasteiger partial charge on any atom is 0.363 e. The highest BCUT2D eigenvalue weighted by Crippen LogP contribution is 2.18. The van der Waals surface area contributed by atoms with Crippen LogP contribution in [0.3, 0.4) is 0 Å². The molecule has 1 saturated heterocycles. The first-order chi connectivity index (χ1) is 13.5. The van der Waals surface area contributed by atoms with Crippen molar-refractivity contribution < 1.29 is 28.8 Å². The van der Waals surface area contributed by atoms with Crippen molar-refractivity contribution >= 4 is 23.6 Å². The van der Waals surface area contributed by atoms with Crippen molar-refractivity contribution in [3.63, 3.8) is 0 Å². The average molecular weight is 377 g/mol. The van der Waals surface area contributed by atoms with E-state index in [4.69, 9.17) is 16.0 Å². The van der Waals surface area contributed by atoms with Crippen molar-refractivity contribution in [3.05, 3.63) is 65.2 Å². The molecule has 0 N–H and O–H groups in total. The van der Waals surface area contributed by atoms with Gasteiger partial charge in [-0.2, -0.15) is 0 Å². The van der Waals surface area contributed by atoms with E-state index >= 15 is 0 Å². The number of ketones is 1. The molecule has 0 radical (unpaired) electrons. The predicted octanol–water partition coefficient (Wildman–Crippen LogP) is 2.15. The van der Waals surface area contributed by atoms with Crippen LogP contribution in [0.1, 0.15) is 39.1 Å². The Hall–Kier alpha value is -3.92. The van der Waals surface area contributed by atoms with Crippen LogP contribution >= 0.6 is 0 Å². The Balaban J connectivity index is 1.67. The monoisotopic (exact) mass is 377 g/mol. The van der Waals surface area contributed by atoms with Crippen molar-refractivity contribution in [2.45, 2.75) is 12.8 Å². The Kier molecular flexibility index (Phi) is 5.51. The number of hydrogen-bond acceptors (Lipinski definition) is 6. The van der Waals surface area contributed by atoms with Gasteiger partial charge in [-0.3, -0.25) is 14.4 Å². The fourth-order valence-corrected chi connectivity index (χ4v) is 2.55. The van der Waals surface area contributed by atoms with Gasteiger partial charge in [0.1, 0.15) is 12.4 Å². The number of terminal acetylenes is 1. The van der Waals surface area contributed by atoms with Gasteiger partial charge in [0.05, 0.1) is 5.56 Å². The molecule has 2 aromatic carbocycles. The zero-order valence-corrected chi connectivity index (χ0v) is 14.7. The van der Waals surface area contributed by atoms with Crippen LogP contribution in [0.15, 0.2) is 48.5 Å². The molecule has 28 heavy (non-hydrogen) atoms. The summed E-state index contributed by atoms with van der Waals surface area (Å²) in [5.74, 6) is 0.705. The van der Waals surface area contributed by atoms with Gasteiger partial charge < -0.3 is 9.57 Å². The summed E-state index contributed by atoms with van der Waals surface area (Å²) in [6.07, 6.45) is 5.16. The van der Waals surface area contributed by atoms with E-state index in [2.05, 4.69) is 5.92 Å². The minimum Gasteiger partial charge on any atom is -0.481 e. The summed E-state index contributed by atoms with van der Waals surface area (Å²) in [7, 11) is 0. The summed E-state index contributed by atoms with van der Waals surface area (Å²) in [5.41, 5.74) is 0.917. The lowest BCUT2D eigenvalue weighted by Gasteiger charge is -2.12. The summed E-state index contributed by atoms with van der Waals surface area (Å²) in [6.45, 7) is 0.138. The molecule has 0 aliphatic carbocycles. The molecule has 3 rings (SSSR count). The van der Waals surface area contributed by atoms with Gasteiger partial charge in [-0.25, -0.2) is 4.79 Å². The van der Waals surface area contributed by atoms with Crippen molar-refractivity contribution in [1.29, 1.82) is 0 Å². The van der Waals surface area contributed by atoms with Crippen LogP contribution in [0, 0.1) is 12.3 Å². The second kappa shape index (κ2) is 8.18. The molecule has 1 aliphatic rings. The van der Waals surface area contributed by atoms with E-state index in [0.717, 1.165) is 0 Å². The quantitative estimate of drug-likeness (QED) is 0.435. The van der Waals surface area contributed by atoms with Crippen LogP contribution in [0.5, 0.6) is 5.75 Å². The number of hydroxylamine groups is 2. The average Bonchev–Trinajstić information content (AvgIpc) is 3.04. The Morgan fingerprint density at radius 2 is 1.39 bits per heavy atom. The Bertz CT molecular complexity index is 953. The minimum absolute atomic E-state index is 0.0200. The molecule has 0 aromatic heterocycles. The number of ether oxygens (including phenoxy) is 1. The molecule has 0 atom stereocenters. The molecule has 2 aromatic rings. The van der Waals surface area contributed by atoms with Gasteiger partial charge >= 0.3 is 5.97 Å². The molecule has 2 amide bonds. The third kappa shape index (κ3) is 4.07. The van der Waals surface area contributed by atoms with Gasteiger partial charge in [-0.15, -0.1) is 11.5 Å². The number of benzene rings is 2. The minimum atomic E-state index is -0.849. The van der Waals surface area contributed by atoms with Crippen LogP contribution < -0.4 is 4.74 Å². The summed E-state index contributed by atoms with van der Waals surface area (Å²) in [6, 6.07) is 12.2. The Morgan fingerprint density at radius 3 is 1.93 bits per heavy atom. The van der Waals surface area contributed by atoms with E-state index < -0.39 is 17.8 Å². The predicted molar refractivity (Wildman–Crippen MR) is 97.1 cm³/mol. The standard InChI is InChI=1S/C21H15NO6/c1-2-13-27-17-9-7-15(8-10-17)20(25)14-3-5-16(6-4-14)21(26)28-22-18(23)11-12-19(22)24/h1,3-10H,11-13H2. The van der Waals surface area contributed by atoms with E-state index in [1.54, 1.807) is 24.3 Å². The largest absolute Gasteiger partial charge is 0.481 e. The van der Waals surface area contributed by atoms with Gasteiger partial charge in [0.25, 0.3) is 11.8 Å². The molecular weight excluding hydrogens is 362 g/mol. The summed E-state index contributed by atoms with van der Waals surface area (Å²) in [5, 5.41) is 0.477. The first-order valence-electron chi connectivity index (χ1n) is 8.39. The fraction of sp³-hybridized carbons (Fsp3) is 0.143. The number of hydrogen-bond donors (Lipinski definition) is 0. The van der Waals surface area contributed by atoms with E-state index in [0.29, 0.717) is 21.9 Å². The zero-order valence-electron chi connectivity index (χ0n) is 14.7. The Morgan fingerprint density at radius 1 is 0.893 bits per heavy atom. The van der Waals surface area contributed by atoms with Crippen molar-refractivity contribution in [1.82, 2.24) is 5.06 Å². The second-order valence-electron chi connectivity index (χ2n) is 5.88. The molecule has 0 saturated carbocycles. The van der Waals surface area contributed by atoms with E-state index in [1.165, 1.54) is 24.3 Å². The third-order valence-electron chi connectivity index (χ3n) is 4.00. The molecule has 140 valence electrons. The van der Waals surface area contributed by atoms with Crippen molar-refractivity contribution in [3.8, 4) is 18.1 Å². The summed E-state index contributed by atoms with van der Waals surface area (Å²) < 4.78 is 5.26. The van der Waals surface area contributed by atoms with Gasteiger partial charge in [0.2, 0.25) is 0 Å². The number of nitrogens with zero attached hydrogens (tertiary/aromatic N) is 1. The fourth-order valence-electron chi connectivity index (χ4n) is 2.55. The van der Waals surface area contributed by atoms with E-state index in [1.807, 2.05) is 0 Å².